The zero-order chi connectivity index (χ0) is 7.49. The Hall–Kier alpha value is -0.220. The molecule has 0 aliphatic carbocycles. The third-order valence-electron chi connectivity index (χ3n) is 1.32. The van der Waals surface area contributed by atoms with Crippen LogP contribution < -0.4 is 0 Å². The van der Waals surface area contributed by atoms with Crippen molar-refractivity contribution in [3.63, 3.8) is 0 Å². The monoisotopic (exact) mass is 166 g/mol. The Morgan fingerprint density at radius 3 is 1.60 bits per heavy atom. The van der Waals surface area contributed by atoms with Crippen molar-refractivity contribution in [2.75, 3.05) is 0 Å². The van der Waals surface area contributed by atoms with E-state index in [1.807, 2.05) is 0 Å². The van der Waals surface area contributed by atoms with Gasteiger partial charge in [0.05, 0.1) is 10.1 Å². The highest BCUT2D eigenvalue weighted by atomic mass is 32.2. The van der Waals surface area contributed by atoms with E-state index in [2.05, 4.69) is 0 Å². The molecule has 0 aliphatic heterocycles. The number of hydrogen-bond donors (Lipinski definition) is 0. The topological polar surface area (TPSA) is 57.2 Å². The van der Waals surface area contributed by atoms with Crippen molar-refractivity contribution in [3.05, 3.63) is 7.43 Å². The molecule has 4 heteroatoms. The van der Waals surface area contributed by atoms with Gasteiger partial charge in [-0.2, -0.15) is 0 Å². The molecule has 0 unspecified atom stereocenters. The molecule has 0 saturated heterocycles. The first-order valence-corrected chi connectivity index (χ1v) is 4.44. The molecule has 0 aromatic carbocycles. The van der Waals surface area contributed by atoms with E-state index in [1.54, 1.807) is 13.8 Å². The molecule has 0 saturated carbocycles. The highest BCUT2D eigenvalue weighted by Gasteiger charge is 2.09. The predicted molar refractivity (Wildman–Crippen MR) is 40.5 cm³/mol. The summed E-state index contributed by atoms with van der Waals surface area (Å²) in [6.45, 7) is 3.40. The van der Waals surface area contributed by atoms with E-state index in [9.17, 15) is 13.0 Å². The minimum absolute atomic E-state index is 0. The van der Waals surface area contributed by atoms with Crippen molar-refractivity contribution < 1.29 is 13.0 Å². The van der Waals surface area contributed by atoms with E-state index in [1.165, 1.54) is 0 Å². The molecular formula is C6H14O3S. The quantitative estimate of drug-likeness (QED) is 0.467. The van der Waals surface area contributed by atoms with E-state index < -0.39 is 15.4 Å². The van der Waals surface area contributed by atoms with Gasteiger partial charge in [-0.3, -0.25) is 0 Å². The first-order chi connectivity index (χ1) is 4.02. The highest BCUT2D eigenvalue weighted by Crippen LogP contribution is 2.06. The van der Waals surface area contributed by atoms with Crippen LogP contribution in [0.3, 0.4) is 0 Å². The first-order valence-electron chi connectivity index (χ1n) is 2.97. The SMILES string of the molecule is CCC(CC)S(=O)(=O)[O-].[CH3+]. The van der Waals surface area contributed by atoms with Gasteiger partial charge in [-0.1, -0.05) is 13.8 Å². The summed E-state index contributed by atoms with van der Waals surface area (Å²) >= 11 is 0. The van der Waals surface area contributed by atoms with E-state index in [0.717, 1.165) is 0 Å². The summed E-state index contributed by atoms with van der Waals surface area (Å²) in [5.41, 5.74) is 0. The Balaban J connectivity index is 0. The molecule has 0 spiro atoms. The van der Waals surface area contributed by atoms with E-state index in [0.29, 0.717) is 12.8 Å². The fourth-order valence-corrected chi connectivity index (χ4v) is 1.51. The molecule has 0 aromatic rings. The van der Waals surface area contributed by atoms with Gasteiger partial charge < -0.3 is 4.55 Å². The number of hydrogen-bond acceptors (Lipinski definition) is 3. The molecule has 0 fully saturated rings. The van der Waals surface area contributed by atoms with Crippen LogP contribution in [-0.4, -0.2) is 18.2 Å². The van der Waals surface area contributed by atoms with Crippen LogP contribution in [0.4, 0.5) is 0 Å². The van der Waals surface area contributed by atoms with Crippen molar-refractivity contribution in [1.29, 1.82) is 0 Å². The van der Waals surface area contributed by atoms with Gasteiger partial charge in [-0.05, 0) is 12.8 Å². The van der Waals surface area contributed by atoms with Crippen LogP contribution >= 0.6 is 0 Å². The minimum Gasteiger partial charge on any atom is -0.748 e. The van der Waals surface area contributed by atoms with Crippen molar-refractivity contribution in [2.24, 2.45) is 0 Å². The number of rotatable bonds is 3. The van der Waals surface area contributed by atoms with Gasteiger partial charge in [-0.25, -0.2) is 8.42 Å². The smallest absolute Gasteiger partial charge is 0.0975 e. The third kappa shape index (κ3) is 3.74. The van der Waals surface area contributed by atoms with Gasteiger partial charge in [0.1, 0.15) is 0 Å². The highest BCUT2D eigenvalue weighted by molar-refractivity contribution is 7.86. The maximum absolute atomic E-state index is 10.2. The van der Waals surface area contributed by atoms with Crippen molar-refractivity contribution >= 4 is 10.1 Å². The average molecular weight is 166 g/mol. The van der Waals surface area contributed by atoms with Gasteiger partial charge in [0, 0.05) is 12.7 Å². The zero-order valence-electron chi connectivity index (χ0n) is 6.62. The van der Waals surface area contributed by atoms with Crippen LogP contribution in [-0.2, 0) is 10.1 Å². The van der Waals surface area contributed by atoms with Crippen molar-refractivity contribution in [1.82, 2.24) is 0 Å². The Morgan fingerprint density at radius 2 is 1.60 bits per heavy atom. The standard InChI is InChI=1S/C5H12O3S.CH3/c1-3-5(4-2)9(6,7)8;/h5H,3-4H2,1-2H3,(H,6,7,8);1H3/q;+1/p-1. The fraction of sp³-hybridized carbons (Fsp3) is 0.833. The molecule has 0 heterocycles. The van der Waals surface area contributed by atoms with Crippen LogP contribution in [0.15, 0.2) is 0 Å². The van der Waals surface area contributed by atoms with Gasteiger partial charge in [0.25, 0.3) is 0 Å². The van der Waals surface area contributed by atoms with E-state index in [-0.39, 0.29) is 7.43 Å². The predicted octanol–water partition coefficient (Wildman–Crippen LogP) is 1.17. The van der Waals surface area contributed by atoms with Gasteiger partial charge in [-0.15, -0.1) is 0 Å². The summed E-state index contributed by atoms with van der Waals surface area (Å²) in [7, 11) is -4.02. The Kier molecular flexibility index (Phi) is 5.70. The molecule has 10 heavy (non-hydrogen) atoms. The fourth-order valence-electron chi connectivity index (χ4n) is 0.697. The molecule has 0 radical (unpaired) electrons. The minimum atomic E-state index is -4.02. The normalized spacial score (nSPS) is 11.2. The molecule has 0 aliphatic rings. The largest absolute Gasteiger partial charge is 0.748 e. The van der Waals surface area contributed by atoms with Crippen LogP contribution in [0.2, 0.25) is 0 Å². The molecule has 0 aromatic heterocycles. The maximum atomic E-state index is 10.2. The summed E-state index contributed by atoms with van der Waals surface area (Å²) in [6.07, 6.45) is 0.838. The Labute approximate surface area is 63.2 Å². The second-order valence-corrected chi connectivity index (χ2v) is 3.58. The lowest BCUT2D eigenvalue weighted by molar-refractivity contribution is 0.443. The van der Waals surface area contributed by atoms with Crippen molar-refractivity contribution in [2.45, 2.75) is 31.9 Å². The molecule has 3 nitrogen and oxygen atoms in total. The average Bonchev–Trinajstić information content (AvgIpc) is 1.65. The maximum Gasteiger partial charge on any atom is 0.0975 e. The molecule has 0 bridgehead atoms. The van der Waals surface area contributed by atoms with Gasteiger partial charge >= 0.3 is 0 Å². The molecule has 62 valence electrons. The van der Waals surface area contributed by atoms with Crippen molar-refractivity contribution in [3.8, 4) is 0 Å². The van der Waals surface area contributed by atoms with E-state index >= 15 is 0 Å². The van der Waals surface area contributed by atoms with Crippen LogP contribution in [0.5, 0.6) is 0 Å². The summed E-state index contributed by atoms with van der Waals surface area (Å²) in [5, 5.41) is -0.683. The van der Waals surface area contributed by atoms with Gasteiger partial charge in [0.15, 0.2) is 0 Å². The van der Waals surface area contributed by atoms with Crippen LogP contribution in [0.25, 0.3) is 0 Å². The first kappa shape index (κ1) is 12.5. The summed E-state index contributed by atoms with van der Waals surface area (Å²) in [6, 6.07) is 0. The zero-order valence-corrected chi connectivity index (χ0v) is 7.44. The summed E-state index contributed by atoms with van der Waals surface area (Å²) < 4.78 is 30.7. The molecule has 0 amide bonds. The summed E-state index contributed by atoms with van der Waals surface area (Å²) in [5.74, 6) is 0. The second-order valence-electron chi connectivity index (χ2n) is 1.93. The van der Waals surface area contributed by atoms with E-state index in [4.69, 9.17) is 0 Å². The van der Waals surface area contributed by atoms with Gasteiger partial charge in [0.2, 0.25) is 0 Å². The molecule has 0 N–H and O–H groups in total. The third-order valence-corrected chi connectivity index (χ3v) is 2.80. The van der Waals surface area contributed by atoms with Crippen LogP contribution in [0, 0.1) is 7.43 Å². The molecular weight excluding hydrogens is 152 g/mol. The lowest BCUT2D eigenvalue weighted by Crippen LogP contribution is -2.18. The second kappa shape index (κ2) is 4.57. The molecule has 0 rings (SSSR count). The lowest BCUT2D eigenvalue weighted by Gasteiger charge is -2.15. The summed E-state index contributed by atoms with van der Waals surface area (Å²) in [4.78, 5) is 0. The Bertz CT molecular complexity index is 156. The lowest BCUT2D eigenvalue weighted by atomic mass is 10.3. The Morgan fingerprint density at radius 1 is 1.30 bits per heavy atom. The molecule has 0 atom stereocenters. The van der Waals surface area contributed by atoms with Crippen LogP contribution in [0.1, 0.15) is 26.7 Å².